The van der Waals surface area contributed by atoms with Crippen molar-refractivity contribution < 1.29 is 19.1 Å². The number of rotatable bonds is 9. The highest BCUT2D eigenvalue weighted by atomic mass is 16.5. The molecule has 0 spiro atoms. The number of benzene rings is 1. The molecular formula is C21H27N3O4. The van der Waals surface area contributed by atoms with Crippen LogP contribution in [0.25, 0.3) is 6.08 Å². The first-order chi connectivity index (χ1) is 13.5. The van der Waals surface area contributed by atoms with Crippen LogP contribution in [0.5, 0.6) is 5.75 Å². The van der Waals surface area contributed by atoms with Gasteiger partial charge in [0.2, 0.25) is 0 Å². The van der Waals surface area contributed by atoms with E-state index in [0.717, 1.165) is 19.4 Å². The van der Waals surface area contributed by atoms with Crippen LogP contribution < -0.4 is 15.4 Å². The largest absolute Gasteiger partial charge is 0.484 e. The van der Waals surface area contributed by atoms with Crippen LogP contribution in [0, 0.1) is 17.2 Å². The summed E-state index contributed by atoms with van der Waals surface area (Å²) in [5.41, 5.74) is 0.745. The van der Waals surface area contributed by atoms with Crippen molar-refractivity contribution in [3.63, 3.8) is 0 Å². The second-order valence-electron chi connectivity index (χ2n) is 7.07. The third-order valence-electron chi connectivity index (χ3n) is 4.15. The summed E-state index contributed by atoms with van der Waals surface area (Å²) in [7, 11) is 0. The number of nitriles is 1. The first-order valence-electron chi connectivity index (χ1n) is 9.49. The third-order valence-corrected chi connectivity index (χ3v) is 4.15. The molecule has 1 fully saturated rings. The van der Waals surface area contributed by atoms with E-state index in [2.05, 4.69) is 10.6 Å². The van der Waals surface area contributed by atoms with Crippen molar-refractivity contribution >= 4 is 17.9 Å². The molecule has 2 amide bonds. The number of carbonyl (C=O) groups is 2. The SMILES string of the molecule is CC(C)CNC(=O)/C(C#N)=C/c1ccc(OCC(=O)NCC2CCCO2)cc1. The Morgan fingerprint density at radius 3 is 2.68 bits per heavy atom. The predicted molar refractivity (Wildman–Crippen MR) is 105 cm³/mol. The van der Waals surface area contributed by atoms with Crippen LogP contribution in [-0.2, 0) is 14.3 Å². The average molecular weight is 385 g/mol. The fourth-order valence-electron chi connectivity index (χ4n) is 2.60. The summed E-state index contributed by atoms with van der Waals surface area (Å²) in [6, 6.07) is 8.77. The predicted octanol–water partition coefficient (Wildman–Crippen LogP) is 2.04. The number of ether oxygens (including phenoxy) is 2. The van der Waals surface area contributed by atoms with Crippen LogP contribution in [0.1, 0.15) is 32.3 Å². The van der Waals surface area contributed by atoms with Crippen LogP contribution in [0.4, 0.5) is 0 Å². The van der Waals surface area contributed by atoms with Crippen molar-refractivity contribution in [3.05, 3.63) is 35.4 Å². The molecule has 1 heterocycles. The van der Waals surface area contributed by atoms with Gasteiger partial charge < -0.3 is 20.1 Å². The summed E-state index contributed by atoms with van der Waals surface area (Å²) in [4.78, 5) is 23.8. The van der Waals surface area contributed by atoms with Crippen LogP contribution in [0.15, 0.2) is 29.8 Å². The van der Waals surface area contributed by atoms with E-state index >= 15 is 0 Å². The molecule has 2 N–H and O–H groups in total. The molecule has 0 bridgehead atoms. The summed E-state index contributed by atoms with van der Waals surface area (Å²) < 4.78 is 10.9. The molecule has 1 aromatic carbocycles. The molecule has 7 heteroatoms. The van der Waals surface area contributed by atoms with Crippen molar-refractivity contribution in [1.29, 1.82) is 5.26 Å². The minimum absolute atomic E-state index is 0.0443. The van der Waals surface area contributed by atoms with Gasteiger partial charge in [-0.1, -0.05) is 26.0 Å². The summed E-state index contributed by atoms with van der Waals surface area (Å²) in [6.45, 7) is 5.66. The Morgan fingerprint density at radius 1 is 1.32 bits per heavy atom. The fraction of sp³-hybridized carbons (Fsp3) is 0.476. The van der Waals surface area contributed by atoms with Gasteiger partial charge in [-0.25, -0.2) is 0 Å². The lowest BCUT2D eigenvalue weighted by Crippen LogP contribution is -2.35. The van der Waals surface area contributed by atoms with Crippen molar-refractivity contribution in [2.75, 3.05) is 26.3 Å². The molecule has 0 aromatic heterocycles. The molecule has 1 aliphatic heterocycles. The first-order valence-corrected chi connectivity index (χ1v) is 9.49. The number of amides is 2. The maximum absolute atomic E-state index is 12.0. The van der Waals surface area contributed by atoms with E-state index in [4.69, 9.17) is 9.47 Å². The van der Waals surface area contributed by atoms with Gasteiger partial charge >= 0.3 is 0 Å². The Labute approximate surface area is 165 Å². The van der Waals surface area contributed by atoms with Gasteiger partial charge in [0.1, 0.15) is 17.4 Å². The summed E-state index contributed by atoms with van der Waals surface area (Å²) in [5, 5.41) is 14.7. The number of nitrogens with zero attached hydrogens (tertiary/aromatic N) is 1. The Kier molecular flexibility index (Phi) is 8.50. The fourth-order valence-corrected chi connectivity index (χ4v) is 2.60. The van der Waals surface area contributed by atoms with E-state index in [1.807, 2.05) is 19.9 Å². The van der Waals surface area contributed by atoms with Gasteiger partial charge in [-0.15, -0.1) is 0 Å². The Hall–Kier alpha value is -2.85. The molecule has 1 atom stereocenters. The summed E-state index contributed by atoms with van der Waals surface area (Å²) >= 11 is 0. The quantitative estimate of drug-likeness (QED) is 0.500. The zero-order chi connectivity index (χ0) is 20.4. The van der Waals surface area contributed by atoms with Crippen molar-refractivity contribution in [3.8, 4) is 11.8 Å². The highest BCUT2D eigenvalue weighted by Crippen LogP contribution is 2.15. The van der Waals surface area contributed by atoms with Gasteiger partial charge in [-0.05, 0) is 42.5 Å². The minimum atomic E-state index is -0.389. The molecule has 7 nitrogen and oxygen atoms in total. The topological polar surface area (TPSA) is 100 Å². The molecular weight excluding hydrogens is 358 g/mol. The normalized spacial score (nSPS) is 16.5. The van der Waals surface area contributed by atoms with Crippen LogP contribution >= 0.6 is 0 Å². The Morgan fingerprint density at radius 2 is 2.07 bits per heavy atom. The van der Waals surface area contributed by atoms with Crippen LogP contribution in [0.2, 0.25) is 0 Å². The lowest BCUT2D eigenvalue weighted by molar-refractivity contribution is -0.123. The third kappa shape index (κ3) is 7.41. The summed E-state index contributed by atoms with van der Waals surface area (Å²) in [5.74, 6) is 0.253. The van der Waals surface area contributed by atoms with Crippen LogP contribution in [-0.4, -0.2) is 44.2 Å². The lowest BCUT2D eigenvalue weighted by atomic mass is 10.1. The van der Waals surface area contributed by atoms with Gasteiger partial charge in [-0.3, -0.25) is 9.59 Å². The van der Waals surface area contributed by atoms with Gasteiger partial charge in [0.15, 0.2) is 6.61 Å². The van der Waals surface area contributed by atoms with E-state index in [1.54, 1.807) is 24.3 Å². The minimum Gasteiger partial charge on any atom is -0.484 e. The summed E-state index contributed by atoms with van der Waals surface area (Å²) in [6.07, 6.45) is 3.62. The number of nitrogens with one attached hydrogen (secondary N) is 2. The molecule has 1 aliphatic rings. The zero-order valence-corrected chi connectivity index (χ0v) is 16.4. The van der Waals surface area contributed by atoms with Crippen molar-refractivity contribution in [2.45, 2.75) is 32.8 Å². The highest BCUT2D eigenvalue weighted by molar-refractivity contribution is 6.01. The van der Waals surface area contributed by atoms with Gasteiger partial charge in [0.25, 0.3) is 11.8 Å². The first kappa shape index (κ1) is 21.5. The molecule has 1 aromatic rings. The van der Waals surface area contributed by atoms with E-state index < -0.39 is 0 Å². The molecule has 28 heavy (non-hydrogen) atoms. The molecule has 2 rings (SSSR count). The maximum atomic E-state index is 12.0. The monoisotopic (exact) mass is 385 g/mol. The lowest BCUT2D eigenvalue weighted by Gasteiger charge is -2.11. The maximum Gasteiger partial charge on any atom is 0.261 e. The van der Waals surface area contributed by atoms with E-state index in [0.29, 0.717) is 30.3 Å². The second kappa shape index (κ2) is 11.1. The molecule has 0 aliphatic carbocycles. The zero-order valence-electron chi connectivity index (χ0n) is 16.4. The highest BCUT2D eigenvalue weighted by Gasteiger charge is 2.16. The number of hydrogen-bond donors (Lipinski definition) is 2. The van der Waals surface area contributed by atoms with E-state index in [1.165, 1.54) is 6.08 Å². The molecule has 1 unspecified atom stereocenters. The smallest absolute Gasteiger partial charge is 0.261 e. The second-order valence-corrected chi connectivity index (χ2v) is 7.07. The Balaban J connectivity index is 1.82. The van der Waals surface area contributed by atoms with Crippen molar-refractivity contribution in [1.82, 2.24) is 10.6 Å². The van der Waals surface area contributed by atoms with Gasteiger partial charge in [0.05, 0.1) is 6.10 Å². The van der Waals surface area contributed by atoms with E-state index in [-0.39, 0.29) is 30.1 Å². The average Bonchev–Trinajstić information content (AvgIpc) is 3.21. The number of carbonyl (C=O) groups excluding carboxylic acids is 2. The Bertz CT molecular complexity index is 729. The molecule has 1 saturated heterocycles. The van der Waals surface area contributed by atoms with E-state index in [9.17, 15) is 14.9 Å². The molecule has 150 valence electrons. The standard InChI is InChI=1S/C21H27N3O4/c1-15(2)12-24-21(26)17(11-22)10-16-5-7-18(8-6-16)28-14-20(25)23-13-19-4-3-9-27-19/h5-8,10,15,19H,3-4,9,12-14H2,1-2H3,(H,23,25)(H,24,26)/b17-10+. The van der Waals surface area contributed by atoms with Crippen molar-refractivity contribution in [2.24, 2.45) is 5.92 Å². The molecule has 0 saturated carbocycles. The van der Waals surface area contributed by atoms with Crippen LogP contribution in [0.3, 0.4) is 0 Å². The molecule has 0 radical (unpaired) electrons. The number of hydrogen-bond acceptors (Lipinski definition) is 5. The van der Waals surface area contributed by atoms with Gasteiger partial charge in [-0.2, -0.15) is 5.26 Å². The van der Waals surface area contributed by atoms with Gasteiger partial charge in [0, 0.05) is 19.7 Å².